The zero-order chi connectivity index (χ0) is 14.5. The molecule has 1 fully saturated rings. The second-order valence-electron chi connectivity index (χ2n) is 5.11. The minimum Gasteiger partial charge on any atom is -0.481 e. The third-order valence-electron chi connectivity index (χ3n) is 3.69. The van der Waals surface area contributed by atoms with Crippen LogP contribution in [-0.2, 0) is 16.0 Å². The van der Waals surface area contributed by atoms with Crippen LogP contribution in [0.4, 0.5) is 4.39 Å². The number of carbonyl (C=O) groups is 2. The molecule has 1 unspecified atom stereocenters. The minimum atomic E-state index is -0.850. The van der Waals surface area contributed by atoms with E-state index < -0.39 is 11.9 Å². The largest absolute Gasteiger partial charge is 0.481 e. The fraction of sp³-hybridized carbons (Fsp3) is 0.467. The Hall–Kier alpha value is -1.91. The summed E-state index contributed by atoms with van der Waals surface area (Å²) >= 11 is 0. The Morgan fingerprint density at radius 1 is 1.35 bits per heavy atom. The molecule has 1 aromatic rings. The zero-order valence-corrected chi connectivity index (χ0v) is 11.2. The van der Waals surface area contributed by atoms with Crippen molar-refractivity contribution >= 4 is 11.9 Å². The van der Waals surface area contributed by atoms with Crippen LogP contribution < -0.4 is 0 Å². The number of piperidine rings is 1. The van der Waals surface area contributed by atoms with Gasteiger partial charge in [0.2, 0.25) is 5.91 Å². The molecule has 1 aliphatic heterocycles. The van der Waals surface area contributed by atoms with Gasteiger partial charge in [-0.25, -0.2) is 4.39 Å². The lowest BCUT2D eigenvalue weighted by molar-refractivity contribution is -0.145. The number of carboxylic acid groups (broad SMARTS) is 1. The van der Waals surface area contributed by atoms with Crippen LogP contribution in [0.25, 0.3) is 0 Å². The SMILES string of the molecule is O=C(O)C1CCCN(C(=O)CCc2ccccc2F)C1. The molecule has 0 spiro atoms. The first kappa shape index (κ1) is 14.5. The fourth-order valence-electron chi connectivity index (χ4n) is 2.51. The van der Waals surface area contributed by atoms with E-state index in [1.807, 2.05) is 0 Å². The van der Waals surface area contributed by atoms with Crippen molar-refractivity contribution in [3.05, 3.63) is 35.6 Å². The van der Waals surface area contributed by atoms with Crippen LogP contribution in [0.5, 0.6) is 0 Å². The summed E-state index contributed by atoms with van der Waals surface area (Å²) in [4.78, 5) is 24.6. The first-order valence-corrected chi connectivity index (χ1v) is 6.82. The number of rotatable bonds is 4. The molecule has 1 saturated heterocycles. The van der Waals surface area contributed by atoms with Crippen LogP contribution in [-0.4, -0.2) is 35.0 Å². The van der Waals surface area contributed by atoms with Gasteiger partial charge in [-0.05, 0) is 30.9 Å². The molecule has 1 atom stereocenters. The van der Waals surface area contributed by atoms with Crippen molar-refractivity contribution in [3.63, 3.8) is 0 Å². The molecular weight excluding hydrogens is 261 g/mol. The van der Waals surface area contributed by atoms with Crippen molar-refractivity contribution < 1.29 is 19.1 Å². The number of carboxylic acids is 1. The van der Waals surface area contributed by atoms with E-state index in [1.54, 1.807) is 23.1 Å². The van der Waals surface area contributed by atoms with Gasteiger partial charge in [0.1, 0.15) is 5.82 Å². The highest BCUT2D eigenvalue weighted by molar-refractivity contribution is 5.78. The predicted octanol–water partition coefficient (Wildman–Crippen LogP) is 2.08. The topological polar surface area (TPSA) is 57.6 Å². The van der Waals surface area contributed by atoms with Crippen molar-refractivity contribution in [2.75, 3.05) is 13.1 Å². The Labute approximate surface area is 117 Å². The lowest BCUT2D eigenvalue weighted by Gasteiger charge is -2.30. The Kier molecular flexibility index (Phi) is 4.71. The van der Waals surface area contributed by atoms with Gasteiger partial charge in [-0.15, -0.1) is 0 Å². The normalized spacial score (nSPS) is 18.9. The molecule has 1 N–H and O–H groups in total. The van der Waals surface area contributed by atoms with E-state index in [1.165, 1.54) is 6.07 Å². The molecular formula is C15H18FNO3. The van der Waals surface area contributed by atoms with Crippen molar-refractivity contribution in [2.45, 2.75) is 25.7 Å². The van der Waals surface area contributed by atoms with Gasteiger partial charge in [-0.3, -0.25) is 9.59 Å². The molecule has 0 radical (unpaired) electrons. The van der Waals surface area contributed by atoms with Crippen LogP contribution in [0.1, 0.15) is 24.8 Å². The van der Waals surface area contributed by atoms with E-state index in [9.17, 15) is 14.0 Å². The molecule has 1 aliphatic rings. The van der Waals surface area contributed by atoms with Crippen LogP contribution in [0, 0.1) is 11.7 Å². The first-order chi connectivity index (χ1) is 9.58. The van der Waals surface area contributed by atoms with Gasteiger partial charge in [0.15, 0.2) is 0 Å². The Bertz CT molecular complexity index is 504. The van der Waals surface area contributed by atoms with E-state index in [0.717, 1.165) is 0 Å². The summed E-state index contributed by atoms with van der Waals surface area (Å²) in [5, 5.41) is 8.99. The fourth-order valence-corrected chi connectivity index (χ4v) is 2.51. The summed E-state index contributed by atoms with van der Waals surface area (Å²) in [6, 6.07) is 6.40. The number of hydrogen-bond donors (Lipinski definition) is 1. The van der Waals surface area contributed by atoms with E-state index in [0.29, 0.717) is 31.4 Å². The average molecular weight is 279 g/mol. The van der Waals surface area contributed by atoms with Gasteiger partial charge in [0.25, 0.3) is 0 Å². The number of aliphatic carboxylic acids is 1. The molecule has 108 valence electrons. The number of halogens is 1. The molecule has 0 bridgehead atoms. The third-order valence-corrected chi connectivity index (χ3v) is 3.69. The number of hydrogen-bond acceptors (Lipinski definition) is 2. The second-order valence-corrected chi connectivity index (χ2v) is 5.11. The Morgan fingerprint density at radius 2 is 2.10 bits per heavy atom. The first-order valence-electron chi connectivity index (χ1n) is 6.82. The molecule has 1 heterocycles. The maximum absolute atomic E-state index is 13.4. The molecule has 2 rings (SSSR count). The molecule has 4 nitrogen and oxygen atoms in total. The van der Waals surface area contributed by atoms with Gasteiger partial charge < -0.3 is 10.0 Å². The monoisotopic (exact) mass is 279 g/mol. The summed E-state index contributed by atoms with van der Waals surface area (Å²) in [6.45, 7) is 0.866. The van der Waals surface area contributed by atoms with Gasteiger partial charge in [0.05, 0.1) is 5.92 Å². The lowest BCUT2D eigenvalue weighted by atomic mass is 9.97. The summed E-state index contributed by atoms with van der Waals surface area (Å²) in [7, 11) is 0. The maximum Gasteiger partial charge on any atom is 0.308 e. The highest BCUT2D eigenvalue weighted by atomic mass is 19.1. The van der Waals surface area contributed by atoms with Gasteiger partial charge >= 0.3 is 5.97 Å². The van der Waals surface area contributed by atoms with E-state index >= 15 is 0 Å². The number of benzene rings is 1. The molecule has 5 heteroatoms. The lowest BCUT2D eigenvalue weighted by Crippen LogP contribution is -2.42. The smallest absolute Gasteiger partial charge is 0.308 e. The van der Waals surface area contributed by atoms with Gasteiger partial charge in [0, 0.05) is 19.5 Å². The number of amides is 1. The van der Waals surface area contributed by atoms with Crippen LogP contribution in [0.15, 0.2) is 24.3 Å². The van der Waals surface area contributed by atoms with Crippen LogP contribution in [0.2, 0.25) is 0 Å². The van der Waals surface area contributed by atoms with E-state index in [4.69, 9.17) is 5.11 Å². The Morgan fingerprint density at radius 3 is 2.80 bits per heavy atom. The van der Waals surface area contributed by atoms with Crippen molar-refractivity contribution in [1.29, 1.82) is 0 Å². The summed E-state index contributed by atoms with van der Waals surface area (Å²) in [5.41, 5.74) is 0.521. The number of aryl methyl sites for hydroxylation is 1. The van der Waals surface area contributed by atoms with Gasteiger partial charge in [-0.1, -0.05) is 18.2 Å². The standard InChI is InChI=1S/C15H18FNO3/c16-13-6-2-1-4-11(13)7-8-14(18)17-9-3-5-12(10-17)15(19)20/h1-2,4,6,12H,3,5,7-10H2,(H,19,20). The highest BCUT2D eigenvalue weighted by Gasteiger charge is 2.27. The third kappa shape index (κ3) is 3.56. The summed E-state index contributed by atoms with van der Waals surface area (Å²) in [6.07, 6.45) is 1.89. The van der Waals surface area contributed by atoms with Crippen molar-refractivity contribution in [1.82, 2.24) is 4.90 Å². The van der Waals surface area contributed by atoms with Gasteiger partial charge in [-0.2, -0.15) is 0 Å². The second kappa shape index (κ2) is 6.50. The number of nitrogens with zero attached hydrogens (tertiary/aromatic N) is 1. The molecule has 1 amide bonds. The minimum absolute atomic E-state index is 0.0980. The average Bonchev–Trinajstić information content (AvgIpc) is 2.46. The van der Waals surface area contributed by atoms with Crippen LogP contribution in [0.3, 0.4) is 0 Å². The van der Waals surface area contributed by atoms with E-state index in [2.05, 4.69) is 0 Å². The molecule has 0 aromatic heterocycles. The van der Waals surface area contributed by atoms with Crippen LogP contribution >= 0.6 is 0 Å². The summed E-state index contributed by atoms with van der Waals surface area (Å²) < 4.78 is 13.4. The number of likely N-dealkylation sites (tertiary alicyclic amines) is 1. The molecule has 1 aromatic carbocycles. The Balaban J connectivity index is 1.89. The zero-order valence-electron chi connectivity index (χ0n) is 11.2. The molecule has 20 heavy (non-hydrogen) atoms. The molecule has 0 saturated carbocycles. The van der Waals surface area contributed by atoms with E-state index in [-0.39, 0.29) is 24.7 Å². The number of carbonyl (C=O) groups excluding carboxylic acids is 1. The highest BCUT2D eigenvalue weighted by Crippen LogP contribution is 2.18. The summed E-state index contributed by atoms with van der Waals surface area (Å²) in [5.74, 6) is -1.72. The molecule has 0 aliphatic carbocycles. The maximum atomic E-state index is 13.4. The van der Waals surface area contributed by atoms with Crippen molar-refractivity contribution in [3.8, 4) is 0 Å². The quantitative estimate of drug-likeness (QED) is 0.918. The predicted molar refractivity (Wildman–Crippen MR) is 71.7 cm³/mol. The van der Waals surface area contributed by atoms with Crippen molar-refractivity contribution in [2.24, 2.45) is 5.92 Å².